The van der Waals surface area contributed by atoms with E-state index in [4.69, 9.17) is 25.5 Å². The molecule has 11 heteroatoms. The van der Waals surface area contributed by atoms with Gasteiger partial charge in [0.1, 0.15) is 28.6 Å². The SMILES string of the molecule is COC(=O)c1cc(COC(=O)c2ccc(Cl)c(S(=O)(=O)N3CCOCC3)c2)oc1C. The molecule has 2 aromatic rings. The molecule has 0 amide bonds. The van der Waals surface area contributed by atoms with E-state index in [0.29, 0.717) is 5.76 Å². The zero-order chi connectivity index (χ0) is 21.9. The normalized spacial score (nSPS) is 15.0. The standard InChI is InChI=1S/C19H20ClNO8S/c1-12-15(19(23)26-2)10-14(29-12)11-28-18(22)13-3-4-16(20)17(9-13)30(24,25)21-5-7-27-8-6-21/h3-4,9-10H,5-8,11H2,1-2H3. The van der Waals surface area contributed by atoms with Gasteiger partial charge in [0.25, 0.3) is 0 Å². The summed E-state index contributed by atoms with van der Waals surface area (Å²) in [4.78, 5) is 23.9. The minimum absolute atomic E-state index is 0.00224. The maximum absolute atomic E-state index is 12.9. The summed E-state index contributed by atoms with van der Waals surface area (Å²) in [5.74, 6) is -0.752. The first-order valence-corrected chi connectivity index (χ1v) is 10.8. The van der Waals surface area contributed by atoms with Crippen LogP contribution in [0.4, 0.5) is 0 Å². The molecular weight excluding hydrogens is 438 g/mol. The molecule has 1 aliphatic rings. The smallest absolute Gasteiger partial charge is 0.341 e. The van der Waals surface area contributed by atoms with Crippen LogP contribution in [0.5, 0.6) is 0 Å². The molecule has 0 radical (unpaired) electrons. The van der Waals surface area contributed by atoms with Gasteiger partial charge in [-0.3, -0.25) is 0 Å². The molecule has 0 saturated carbocycles. The number of sulfonamides is 1. The predicted octanol–water partition coefficient (Wildman–Crippen LogP) is 2.41. The Morgan fingerprint density at radius 2 is 1.87 bits per heavy atom. The molecule has 9 nitrogen and oxygen atoms in total. The van der Waals surface area contributed by atoms with Gasteiger partial charge in [-0.25, -0.2) is 18.0 Å². The highest BCUT2D eigenvalue weighted by Gasteiger charge is 2.29. The van der Waals surface area contributed by atoms with Gasteiger partial charge in [0.15, 0.2) is 0 Å². The summed E-state index contributed by atoms with van der Waals surface area (Å²) in [5, 5.41) is 0.00224. The summed E-state index contributed by atoms with van der Waals surface area (Å²) >= 11 is 6.09. The van der Waals surface area contributed by atoms with Crippen molar-refractivity contribution in [2.75, 3.05) is 33.4 Å². The van der Waals surface area contributed by atoms with Gasteiger partial charge in [0.05, 0.1) is 30.9 Å². The van der Waals surface area contributed by atoms with Crippen molar-refractivity contribution in [2.24, 2.45) is 0 Å². The minimum Gasteiger partial charge on any atom is -0.465 e. The third-order valence-electron chi connectivity index (χ3n) is 4.47. The van der Waals surface area contributed by atoms with Crippen molar-refractivity contribution in [1.82, 2.24) is 4.31 Å². The van der Waals surface area contributed by atoms with E-state index in [-0.39, 0.29) is 59.7 Å². The van der Waals surface area contributed by atoms with Crippen LogP contribution in [0.15, 0.2) is 33.6 Å². The Morgan fingerprint density at radius 1 is 1.17 bits per heavy atom. The Balaban J connectivity index is 1.76. The van der Waals surface area contributed by atoms with Gasteiger partial charge in [-0.2, -0.15) is 4.31 Å². The molecule has 0 N–H and O–H groups in total. The zero-order valence-corrected chi connectivity index (χ0v) is 17.9. The largest absolute Gasteiger partial charge is 0.465 e. The van der Waals surface area contributed by atoms with Crippen LogP contribution >= 0.6 is 11.6 Å². The predicted molar refractivity (Wildman–Crippen MR) is 105 cm³/mol. The highest BCUT2D eigenvalue weighted by atomic mass is 35.5. The number of esters is 2. The lowest BCUT2D eigenvalue weighted by molar-refractivity contribution is 0.0443. The molecule has 0 bridgehead atoms. The fourth-order valence-electron chi connectivity index (χ4n) is 2.90. The number of nitrogens with zero attached hydrogens (tertiary/aromatic N) is 1. The van der Waals surface area contributed by atoms with Crippen LogP contribution in [0.1, 0.15) is 32.2 Å². The molecule has 0 atom stereocenters. The zero-order valence-electron chi connectivity index (χ0n) is 16.3. The Morgan fingerprint density at radius 3 is 2.53 bits per heavy atom. The number of hydrogen-bond donors (Lipinski definition) is 0. The third-order valence-corrected chi connectivity index (χ3v) is 6.85. The topological polar surface area (TPSA) is 112 Å². The highest BCUT2D eigenvalue weighted by Crippen LogP contribution is 2.27. The van der Waals surface area contributed by atoms with E-state index in [9.17, 15) is 18.0 Å². The number of morpholine rings is 1. The van der Waals surface area contributed by atoms with Crippen LogP contribution in [0.25, 0.3) is 0 Å². The average molecular weight is 458 g/mol. The molecule has 0 spiro atoms. The van der Waals surface area contributed by atoms with Crippen LogP contribution in [-0.4, -0.2) is 58.1 Å². The molecule has 1 aromatic carbocycles. The van der Waals surface area contributed by atoms with Gasteiger partial charge in [-0.1, -0.05) is 11.6 Å². The van der Waals surface area contributed by atoms with Crippen molar-refractivity contribution in [1.29, 1.82) is 0 Å². The first-order valence-electron chi connectivity index (χ1n) is 8.96. The van der Waals surface area contributed by atoms with Crippen LogP contribution in [-0.2, 0) is 30.8 Å². The Labute approximate surface area is 178 Å². The molecule has 162 valence electrons. The molecule has 3 rings (SSSR count). The van der Waals surface area contributed by atoms with Crippen molar-refractivity contribution < 1.29 is 36.6 Å². The van der Waals surface area contributed by atoms with E-state index in [1.54, 1.807) is 6.92 Å². The summed E-state index contributed by atoms with van der Waals surface area (Å²) in [7, 11) is -2.64. The second-order valence-electron chi connectivity index (χ2n) is 6.41. The van der Waals surface area contributed by atoms with Gasteiger partial charge in [0.2, 0.25) is 10.0 Å². The lowest BCUT2D eigenvalue weighted by Crippen LogP contribution is -2.40. The van der Waals surface area contributed by atoms with Crippen molar-refractivity contribution in [3.8, 4) is 0 Å². The number of carbonyl (C=O) groups is 2. The van der Waals surface area contributed by atoms with Crippen LogP contribution < -0.4 is 0 Å². The molecule has 1 aliphatic heterocycles. The number of rotatable bonds is 6. The average Bonchev–Trinajstić information content (AvgIpc) is 3.12. The van der Waals surface area contributed by atoms with Gasteiger partial charge < -0.3 is 18.6 Å². The van der Waals surface area contributed by atoms with E-state index in [2.05, 4.69) is 4.74 Å². The first kappa shape index (κ1) is 22.3. The molecular formula is C19H20ClNO8S. The second kappa shape index (κ2) is 9.17. The van der Waals surface area contributed by atoms with Crippen molar-refractivity contribution in [2.45, 2.75) is 18.4 Å². The fourth-order valence-corrected chi connectivity index (χ4v) is 4.81. The quantitative estimate of drug-likeness (QED) is 0.608. The van der Waals surface area contributed by atoms with E-state index in [1.807, 2.05) is 0 Å². The highest BCUT2D eigenvalue weighted by molar-refractivity contribution is 7.89. The molecule has 30 heavy (non-hydrogen) atoms. The maximum Gasteiger partial charge on any atom is 0.341 e. The van der Waals surface area contributed by atoms with Gasteiger partial charge >= 0.3 is 11.9 Å². The number of halogens is 1. The van der Waals surface area contributed by atoms with Gasteiger partial charge in [0, 0.05) is 13.1 Å². The summed E-state index contributed by atoms with van der Waals surface area (Å²) in [5.41, 5.74) is 0.247. The maximum atomic E-state index is 12.9. The van der Waals surface area contributed by atoms with Crippen LogP contribution in [0.3, 0.4) is 0 Å². The Bertz CT molecular complexity index is 1060. The van der Waals surface area contributed by atoms with Crippen LogP contribution in [0.2, 0.25) is 5.02 Å². The molecule has 1 aromatic heterocycles. The second-order valence-corrected chi connectivity index (χ2v) is 8.73. The van der Waals surface area contributed by atoms with Crippen LogP contribution in [0, 0.1) is 6.92 Å². The summed E-state index contributed by atoms with van der Waals surface area (Å²) in [6, 6.07) is 5.31. The summed E-state index contributed by atoms with van der Waals surface area (Å²) in [6.45, 7) is 2.31. The number of carbonyl (C=O) groups excluding carboxylic acids is 2. The Kier molecular flexibility index (Phi) is 6.81. The first-order chi connectivity index (χ1) is 14.2. The molecule has 0 unspecified atom stereocenters. The Hall–Kier alpha value is -2.40. The molecule has 2 heterocycles. The summed E-state index contributed by atoms with van der Waals surface area (Å²) < 4.78 is 47.4. The van der Waals surface area contributed by atoms with Gasteiger partial charge in [-0.15, -0.1) is 0 Å². The molecule has 1 saturated heterocycles. The number of benzene rings is 1. The lowest BCUT2D eigenvalue weighted by atomic mass is 10.2. The molecule has 1 fully saturated rings. The number of ether oxygens (including phenoxy) is 3. The van der Waals surface area contributed by atoms with Gasteiger partial charge in [-0.05, 0) is 31.2 Å². The van der Waals surface area contributed by atoms with E-state index in [1.165, 1.54) is 35.7 Å². The number of furan rings is 1. The van der Waals surface area contributed by atoms with Crippen molar-refractivity contribution >= 4 is 33.6 Å². The van der Waals surface area contributed by atoms with E-state index in [0.717, 1.165) is 0 Å². The number of hydrogen-bond acceptors (Lipinski definition) is 8. The van der Waals surface area contributed by atoms with Crippen molar-refractivity contribution in [3.05, 3.63) is 51.9 Å². The number of methoxy groups -OCH3 is 1. The lowest BCUT2D eigenvalue weighted by Gasteiger charge is -2.26. The fraction of sp³-hybridized carbons (Fsp3) is 0.368. The summed E-state index contributed by atoms with van der Waals surface area (Å²) in [6.07, 6.45) is 0. The van der Waals surface area contributed by atoms with E-state index < -0.39 is 22.0 Å². The van der Waals surface area contributed by atoms with E-state index >= 15 is 0 Å². The monoisotopic (exact) mass is 457 g/mol. The third kappa shape index (κ3) is 4.67. The number of aryl methyl sites for hydroxylation is 1. The minimum atomic E-state index is -3.89. The molecule has 0 aliphatic carbocycles. The van der Waals surface area contributed by atoms with Crippen molar-refractivity contribution in [3.63, 3.8) is 0 Å².